The van der Waals surface area contributed by atoms with Crippen LogP contribution < -0.4 is 17.2 Å². The summed E-state index contributed by atoms with van der Waals surface area (Å²) in [6.45, 7) is 4.00. The molecule has 5 heteroatoms. The van der Waals surface area contributed by atoms with Crippen LogP contribution in [0.1, 0.15) is 37.2 Å². The van der Waals surface area contributed by atoms with E-state index in [0.717, 1.165) is 5.56 Å². The van der Waals surface area contributed by atoms with Gasteiger partial charge in [-0.05, 0) is 19.4 Å². The molecule has 2 rings (SSSR count). The Kier molecular flexibility index (Phi) is 3.25. The van der Waals surface area contributed by atoms with Crippen molar-refractivity contribution in [1.29, 1.82) is 0 Å². The van der Waals surface area contributed by atoms with Gasteiger partial charge in [-0.2, -0.15) is 5.10 Å². The van der Waals surface area contributed by atoms with Crippen molar-refractivity contribution in [2.24, 2.45) is 5.73 Å². The van der Waals surface area contributed by atoms with Crippen molar-refractivity contribution < 1.29 is 0 Å². The second-order valence-electron chi connectivity index (χ2n) is 4.61. The van der Waals surface area contributed by atoms with Crippen LogP contribution in [-0.4, -0.2) is 9.78 Å². The molecule has 1 atom stereocenters. The molecule has 1 aromatic heterocycles. The van der Waals surface area contributed by atoms with E-state index in [2.05, 4.69) is 5.10 Å². The average molecular weight is 245 g/mol. The van der Waals surface area contributed by atoms with Crippen LogP contribution in [0, 0.1) is 0 Å². The van der Waals surface area contributed by atoms with Gasteiger partial charge in [-0.15, -0.1) is 0 Å². The highest BCUT2D eigenvalue weighted by molar-refractivity contribution is 5.64. The largest absolute Gasteiger partial charge is 0.394 e. The zero-order chi connectivity index (χ0) is 13.3. The second-order valence-corrected chi connectivity index (χ2v) is 4.61. The van der Waals surface area contributed by atoms with Crippen molar-refractivity contribution in [3.05, 3.63) is 41.6 Å². The Bertz CT molecular complexity index is 530. The van der Waals surface area contributed by atoms with E-state index in [4.69, 9.17) is 17.2 Å². The molecule has 1 aromatic carbocycles. The van der Waals surface area contributed by atoms with Crippen LogP contribution in [0.15, 0.2) is 30.3 Å². The summed E-state index contributed by atoms with van der Waals surface area (Å²) >= 11 is 0. The lowest BCUT2D eigenvalue weighted by Crippen LogP contribution is -2.14. The van der Waals surface area contributed by atoms with Crippen molar-refractivity contribution in [3.8, 4) is 0 Å². The molecule has 1 heterocycles. The van der Waals surface area contributed by atoms with Gasteiger partial charge in [-0.3, -0.25) is 0 Å². The molecule has 96 valence electrons. The molecular weight excluding hydrogens is 226 g/mol. The monoisotopic (exact) mass is 245 g/mol. The lowest BCUT2D eigenvalue weighted by Gasteiger charge is -2.10. The molecule has 6 N–H and O–H groups in total. The van der Waals surface area contributed by atoms with Crippen LogP contribution in [0.2, 0.25) is 0 Å². The summed E-state index contributed by atoms with van der Waals surface area (Å²) < 4.78 is 1.70. The molecule has 0 aliphatic heterocycles. The number of rotatable bonds is 3. The molecular formula is C13H19N5. The molecule has 2 aromatic rings. The molecule has 0 saturated heterocycles. The third-order valence-corrected chi connectivity index (χ3v) is 2.96. The Morgan fingerprint density at radius 2 is 1.72 bits per heavy atom. The maximum Gasteiger partial charge on any atom is 0.145 e. The van der Waals surface area contributed by atoms with Crippen molar-refractivity contribution in [1.82, 2.24) is 9.78 Å². The van der Waals surface area contributed by atoms with Gasteiger partial charge >= 0.3 is 0 Å². The summed E-state index contributed by atoms with van der Waals surface area (Å²) in [6, 6.07) is 9.53. The van der Waals surface area contributed by atoms with E-state index in [9.17, 15) is 0 Å². The maximum absolute atomic E-state index is 6.19. The fraction of sp³-hybridized carbons (Fsp3) is 0.308. The number of benzene rings is 1. The molecule has 0 saturated carbocycles. The zero-order valence-electron chi connectivity index (χ0n) is 10.7. The summed E-state index contributed by atoms with van der Waals surface area (Å²) in [6.07, 6.45) is 0. The number of nitrogens with two attached hydrogens (primary N) is 3. The van der Waals surface area contributed by atoms with E-state index in [1.807, 2.05) is 44.2 Å². The number of hydrogen-bond donors (Lipinski definition) is 3. The van der Waals surface area contributed by atoms with Crippen LogP contribution in [0.5, 0.6) is 0 Å². The average Bonchev–Trinajstić information content (AvgIpc) is 2.67. The first-order chi connectivity index (χ1) is 8.52. The first kappa shape index (κ1) is 12.4. The van der Waals surface area contributed by atoms with Gasteiger partial charge in [-0.25, -0.2) is 4.68 Å². The number of anilines is 2. The Balaban J connectivity index is 2.43. The summed E-state index contributed by atoms with van der Waals surface area (Å²) in [5.74, 6) is 0.478. The fourth-order valence-electron chi connectivity index (χ4n) is 1.92. The van der Waals surface area contributed by atoms with Crippen molar-refractivity contribution in [3.63, 3.8) is 0 Å². The van der Waals surface area contributed by atoms with E-state index >= 15 is 0 Å². The Morgan fingerprint density at radius 3 is 2.22 bits per heavy atom. The van der Waals surface area contributed by atoms with Gasteiger partial charge in [0.1, 0.15) is 11.5 Å². The minimum absolute atomic E-state index is 0.157. The maximum atomic E-state index is 6.19. The highest BCUT2D eigenvalue weighted by Gasteiger charge is 2.20. The molecule has 0 spiro atoms. The van der Waals surface area contributed by atoms with Gasteiger partial charge in [-0.1, -0.05) is 30.3 Å². The van der Waals surface area contributed by atoms with Gasteiger partial charge in [0, 0.05) is 6.04 Å². The van der Waals surface area contributed by atoms with Gasteiger partial charge in [0.25, 0.3) is 0 Å². The van der Waals surface area contributed by atoms with Gasteiger partial charge < -0.3 is 17.2 Å². The van der Waals surface area contributed by atoms with Gasteiger partial charge in [0.2, 0.25) is 0 Å². The van der Waals surface area contributed by atoms with E-state index in [1.54, 1.807) is 4.68 Å². The van der Waals surface area contributed by atoms with Crippen molar-refractivity contribution in [2.75, 3.05) is 11.5 Å². The van der Waals surface area contributed by atoms with Crippen molar-refractivity contribution in [2.45, 2.75) is 25.9 Å². The minimum Gasteiger partial charge on any atom is -0.394 e. The SMILES string of the molecule is CC(C)n1nc(C(N)c2ccccc2)c(N)c1N. The molecule has 1 unspecified atom stereocenters. The summed E-state index contributed by atoms with van der Waals surface area (Å²) in [5.41, 5.74) is 20.2. The Labute approximate surface area is 107 Å². The first-order valence-corrected chi connectivity index (χ1v) is 5.96. The Morgan fingerprint density at radius 1 is 1.11 bits per heavy atom. The molecule has 18 heavy (non-hydrogen) atoms. The lowest BCUT2D eigenvalue weighted by molar-refractivity contribution is 0.531. The van der Waals surface area contributed by atoms with E-state index in [0.29, 0.717) is 17.2 Å². The third kappa shape index (κ3) is 2.04. The lowest BCUT2D eigenvalue weighted by atomic mass is 10.0. The highest BCUT2D eigenvalue weighted by Crippen LogP contribution is 2.29. The highest BCUT2D eigenvalue weighted by atomic mass is 15.3. The van der Waals surface area contributed by atoms with Gasteiger partial charge in [0.05, 0.1) is 11.7 Å². The van der Waals surface area contributed by atoms with Crippen molar-refractivity contribution >= 4 is 11.5 Å². The molecule has 5 nitrogen and oxygen atoms in total. The van der Waals surface area contributed by atoms with E-state index in [-0.39, 0.29) is 12.1 Å². The predicted molar refractivity (Wildman–Crippen MR) is 73.9 cm³/mol. The standard InChI is InChI=1S/C13H19N5/c1-8(2)18-13(16)11(15)12(17-18)10(14)9-6-4-3-5-7-9/h3-8,10H,14-16H2,1-2H3. The quantitative estimate of drug-likeness (QED) is 0.766. The summed E-state index contributed by atoms with van der Waals surface area (Å²) in [5, 5.41) is 4.43. The number of nitrogen functional groups attached to an aromatic ring is 2. The summed E-state index contributed by atoms with van der Waals surface area (Å²) in [7, 11) is 0. The Hall–Kier alpha value is -2.01. The molecule has 0 aliphatic rings. The first-order valence-electron chi connectivity index (χ1n) is 5.96. The van der Waals surface area contributed by atoms with Crippen LogP contribution in [0.4, 0.5) is 11.5 Å². The smallest absolute Gasteiger partial charge is 0.145 e. The molecule has 0 fully saturated rings. The second kappa shape index (κ2) is 4.70. The predicted octanol–water partition coefficient (Wildman–Crippen LogP) is 1.68. The zero-order valence-corrected chi connectivity index (χ0v) is 10.7. The van der Waals surface area contributed by atoms with Crippen LogP contribution in [0.25, 0.3) is 0 Å². The van der Waals surface area contributed by atoms with E-state index in [1.165, 1.54) is 0 Å². The van der Waals surface area contributed by atoms with Crippen LogP contribution >= 0.6 is 0 Å². The number of nitrogens with zero attached hydrogens (tertiary/aromatic N) is 2. The minimum atomic E-state index is -0.353. The number of aromatic nitrogens is 2. The number of hydrogen-bond acceptors (Lipinski definition) is 4. The molecule has 0 amide bonds. The van der Waals surface area contributed by atoms with Crippen LogP contribution in [0.3, 0.4) is 0 Å². The normalized spacial score (nSPS) is 12.9. The van der Waals surface area contributed by atoms with Crippen LogP contribution in [-0.2, 0) is 0 Å². The third-order valence-electron chi connectivity index (χ3n) is 2.96. The fourth-order valence-corrected chi connectivity index (χ4v) is 1.92. The topological polar surface area (TPSA) is 95.9 Å². The van der Waals surface area contributed by atoms with E-state index < -0.39 is 0 Å². The summed E-state index contributed by atoms with van der Waals surface area (Å²) in [4.78, 5) is 0. The molecule has 0 aliphatic carbocycles. The molecule has 0 bridgehead atoms. The molecule has 0 radical (unpaired) electrons. The van der Waals surface area contributed by atoms with Gasteiger partial charge in [0.15, 0.2) is 0 Å².